The Kier molecular flexibility index (Phi) is 8.84. The zero-order chi connectivity index (χ0) is 16.4. The maximum Gasteiger partial charge on any atom is 0.243 e. The predicted molar refractivity (Wildman–Crippen MR) is 87.0 cm³/mol. The smallest absolute Gasteiger partial charge is 0.243 e. The maximum atomic E-state index is 11.7. The molecular weight excluding hydrogens is 284 g/mol. The number of rotatable bonds is 8. The van der Waals surface area contributed by atoms with Crippen LogP contribution in [-0.2, 0) is 14.3 Å². The summed E-state index contributed by atoms with van der Waals surface area (Å²) in [5.74, 6) is 1.31. The largest absolute Gasteiger partial charge is 0.383 e. The van der Waals surface area contributed by atoms with Crippen LogP contribution in [0.5, 0.6) is 0 Å². The van der Waals surface area contributed by atoms with Gasteiger partial charge in [0, 0.05) is 53.4 Å². The second-order valence-corrected chi connectivity index (χ2v) is 5.61. The summed E-state index contributed by atoms with van der Waals surface area (Å²) in [7, 11) is 5.15. The lowest BCUT2D eigenvalue weighted by molar-refractivity contribution is -0.127. The molecule has 1 atom stereocenters. The number of likely N-dealkylation sites (N-methyl/N-ethyl adjacent to an activating group) is 1. The summed E-state index contributed by atoms with van der Waals surface area (Å²) in [5, 5.41) is 3.27. The lowest BCUT2D eigenvalue weighted by Gasteiger charge is -2.22. The van der Waals surface area contributed by atoms with Crippen molar-refractivity contribution in [2.45, 2.75) is 13.3 Å². The first-order valence-corrected chi connectivity index (χ1v) is 7.88. The number of aliphatic imine (C=N–C) groups is 1. The molecule has 7 heteroatoms. The third-order valence-corrected chi connectivity index (χ3v) is 3.60. The number of methoxy groups -OCH3 is 1. The SMILES string of the molecule is CCOCC1CCN(C(=NCC(=O)N(C)C)NCCOC)C1. The van der Waals surface area contributed by atoms with Crippen LogP contribution in [0, 0.1) is 5.92 Å². The van der Waals surface area contributed by atoms with Crippen LogP contribution in [0.3, 0.4) is 0 Å². The van der Waals surface area contributed by atoms with Gasteiger partial charge in [-0.25, -0.2) is 4.99 Å². The van der Waals surface area contributed by atoms with Gasteiger partial charge >= 0.3 is 0 Å². The molecular formula is C15H30N4O3. The number of nitrogens with zero attached hydrogens (tertiary/aromatic N) is 3. The van der Waals surface area contributed by atoms with Gasteiger partial charge in [-0.2, -0.15) is 0 Å². The van der Waals surface area contributed by atoms with Crippen LogP contribution < -0.4 is 5.32 Å². The predicted octanol–water partition coefficient (Wildman–Crippen LogP) is 0.0250. The molecule has 0 aromatic carbocycles. The summed E-state index contributed by atoms with van der Waals surface area (Å²) in [5.41, 5.74) is 0. The Balaban J connectivity index is 2.57. The van der Waals surface area contributed by atoms with E-state index < -0.39 is 0 Å². The van der Waals surface area contributed by atoms with Crippen LogP contribution in [0.2, 0.25) is 0 Å². The second kappa shape index (κ2) is 10.4. The molecule has 0 aromatic rings. The van der Waals surface area contributed by atoms with Gasteiger partial charge in [-0.3, -0.25) is 4.79 Å². The normalized spacial score (nSPS) is 18.6. The molecule has 1 amide bonds. The van der Waals surface area contributed by atoms with Gasteiger partial charge in [0.1, 0.15) is 6.54 Å². The van der Waals surface area contributed by atoms with Crippen molar-refractivity contribution in [3.05, 3.63) is 0 Å². The van der Waals surface area contributed by atoms with E-state index in [1.165, 1.54) is 0 Å². The van der Waals surface area contributed by atoms with Crippen LogP contribution >= 0.6 is 0 Å². The lowest BCUT2D eigenvalue weighted by atomic mass is 10.1. The molecule has 1 aliphatic heterocycles. The fourth-order valence-electron chi connectivity index (χ4n) is 2.26. The molecule has 0 radical (unpaired) electrons. The summed E-state index contributed by atoms with van der Waals surface area (Å²) >= 11 is 0. The topological polar surface area (TPSA) is 66.4 Å². The minimum Gasteiger partial charge on any atom is -0.383 e. The monoisotopic (exact) mass is 314 g/mol. The van der Waals surface area contributed by atoms with Gasteiger partial charge in [-0.1, -0.05) is 0 Å². The van der Waals surface area contributed by atoms with E-state index in [9.17, 15) is 4.79 Å². The highest BCUT2D eigenvalue weighted by Crippen LogP contribution is 2.16. The minimum atomic E-state index is -0.00361. The number of likely N-dealkylation sites (tertiary alicyclic amines) is 1. The van der Waals surface area contributed by atoms with Crippen molar-refractivity contribution in [3.63, 3.8) is 0 Å². The molecule has 22 heavy (non-hydrogen) atoms. The van der Waals surface area contributed by atoms with Gasteiger partial charge < -0.3 is 24.6 Å². The van der Waals surface area contributed by atoms with Crippen LogP contribution in [0.25, 0.3) is 0 Å². The average Bonchev–Trinajstić information content (AvgIpc) is 2.96. The molecule has 0 bridgehead atoms. The van der Waals surface area contributed by atoms with Gasteiger partial charge in [0.2, 0.25) is 5.91 Å². The number of carbonyl (C=O) groups excluding carboxylic acids is 1. The Labute approximate surface area is 133 Å². The van der Waals surface area contributed by atoms with E-state index in [0.29, 0.717) is 19.1 Å². The molecule has 1 saturated heterocycles. The van der Waals surface area contributed by atoms with Crippen molar-refractivity contribution in [2.24, 2.45) is 10.9 Å². The first-order valence-electron chi connectivity index (χ1n) is 7.88. The van der Waals surface area contributed by atoms with E-state index in [-0.39, 0.29) is 12.5 Å². The Hall–Kier alpha value is -1.34. The van der Waals surface area contributed by atoms with Crippen molar-refractivity contribution >= 4 is 11.9 Å². The van der Waals surface area contributed by atoms with E-state index in [2.05, 4.69) is 15.2 Å². The number of guanidine groups is 1. The fourth-order valence-corrected chi connectivity index (χ4v) is 2.26. The molecule has 1 N–H and O–H groups in total. The van der Waals surface area contributed by atoms with Crippen molar-refractivity contribution in [3.8, 4) is 0 Å². The van der Waals surface area contributed by atoms with Crippen molar-refractivity contribution in [1.82, 2.24) is 15.1 Å². The first-order chi connectivity index (χ1) is 10.6. The Bertz CT molecular complexity index is 361. The van der Waals surface area contributed by atoms with E-state index >= 15 is 0 Å². The Morgan fingerprint density at radius 1 is 1.45 bits per heavy atom. The highest BCUT2D eigenvalue weighted by molar-refractivity contribution is 5.85. The van der Waals surface area contributed by atoms with Crippen LogP contribution in [0.15, 0.2) is 4.99 Å². The average molecular weight is 314 g/mol. The zero-order valence-electron chi connectivity index (χ0n) is 14.3. The van der Waals surface area contributed by atoms with Gasteiger partial charge in [0.05, 0.1) is 13.2 Å². The van der Waals surface area contributed by atoms with Crippen molar-refractivity contribution in [1.29, 1.82) is 0 Å². The highest BCUT2D eigenvalue weighted by atomic mass is 16.5. The number of amides is 1. The molecule has 128 valence electrons. The van der Waals surface area contributed by atoms with E-state index in [4.69, 9.17) is 9.47 Å². The van der Waals surface area contributed by atoms with Gasteiger partial charge in [0.25, 0.3) is 0 Å². The van der Waals surface area contributed by atoms with Gasteiger partial charge in [-0.15, -0.1) is 0 Å². The molecule has 1 aliphatic rings. The van der Waals surface area contributed by atoms with Crippen molar-refractivity contribution < 1.29 is 14.3 Å². The molecule has 7 nitrogen and oxygen atoms in total. The summed E-state index contributed by atoms with van der Waals surface area (Å²) in [6, 6.07) is 0. The third-order valence-electron chi connectivity index (χ3n) is 3.60. The Morgan fingerprint density at radius 2 is 2.23 bits per heavy atom. The molecule has 0 saturated carbocycles. The number of hydrogen-bond donors (Lipinski definition) is 1. The number of nitrogens with one attached hydrogen (secondary N) is 1. The summed E-state index contributed by atoms with van der Waals surface area (Å²) in [4.78, 5) is 19.9. The van der Waals surface area contributed by atoms with Crippen LogP contribution in [-0.4, -0.2) is 88.9 Å². The molecule has 1 rings (SSSR count). The summed E-state index contributed by atoms with van der Waals surface area (Å²) < 4.78 is 10.6. The molecule has 1 heterocycles. The zero-order valence-corrected chi connectivity index (χ0v) is 14.3. The lowest BCUT2D eigenvalue weighted by Crippen LogP contribution is -2.42. The van der Waals surface area contributed by atoms with Gasteiger partial charge in [-0.05, 0) is 13.3 Å². The van der Waals surface area contributed by atoms with Crippen LogP contribution in [0.4, 0.5) is 0 Å². The number of carbonyl (C=O) groups is 1. The summed E-state index contributed by atoms with van der Waals surface area (Å²) in [6.07, 6.45) is 1.09. The molecule has 0 aliphatic carbocycles. The van der Waals surface area contributed by atoms with E-state index in [1.807, 2.05) is 6.92 Å². The minimum absolute atomic E-state index is 0.00361. The quantitative estimate of drug-likeness (QED) is 0.389. The molecule has 0 aromatic heterocycles. The van der Waals surface area contributed by atoms with E-state index in [1.54, 1.807) is 26.1 Å². The second-order valence-electron chi connectivity index (χ2n) is 5.61. The number of hydrogen-bond acceptors (Lipinski definition) is 4. The summed E-state index contributed by atoms with van der Waals surface area (Å²) in [6.45, 7) is 6.85. The molecule has 1 fully saturated rings. The number of ether oxygens (including phenoxy) is 2. The molecule has 0 spiro atoms. The van der Waals surface area contributed by atoms with Gasteiger partial charge in [0.15, 0.2) is 5.96 Å². The third kappa shape index (κ3) is 6.62. The van der Waals surface area contributed by atoms with E-state index in [0.717, 1.165) is 38.7 Å². The van der Waals surface area contributed by atoms with Crippen molar-refractivity contribution in [2.75, 3.05) is 67.2 Å². The maximum absolute atomic E-state index is 11.7. The fraction of sp³-hybridized carbons (Fsp3) is 0.867. The highest BCUT2D eigenvalue weighted by Gasteiger charge is 2.25. The first kappa shape index (κ1) is 18.7. The standard InChI is InChI=1S/C15H30N4O3/c1-5-22-12-13-6-8-19(11-13)15(16-7-9-21-4)17-10-14(20)18(2)3/h13H,5-12H2,1-4H3,(H,16,17). The Morgan fingerprint density at radius 3 is 2.86 bits per heavy atom. The molecule has 1 unspecified atom stereocenters. The van der Waals surface area contributed by atoms with Crippen LogP contribution in [0.1, 0.15) is 13.3 Å².